The van der Waals surface area contributed by atoms with Crippen LogP contribution < -0.4 is 5.32 Å². The first-order valence-corrected chi connectivity index (χ1v) is 9.55. The molecule has 1 unspecified atom stereocenters. The maximum Gasteiger partial charge on any atom is 0.242 e. The van der Waals surface area contributed by atoms with E-state index in [1.165, 1.54) is 0 Å². The smallest absolute Gasteiger partial charge is 0.242 e. The second kappa shape index (κ2) is 9.56. The monoisotopic (exact) mass is 386 g/mol. The molecule has 0 spiro atoms. The molecule has 2 rings (SSSR count). The number of carbonyl (C=O) groups is 2. The van der Waals surface area contributed by atoms with Crippen LogP contribution in [0.25, 0.3) is 0 Å². The third-order valence-corrected chi connectivity index (χ3v) is 5.00. The number of aryl methyl sites for hydroxylation is 2. The molecule has 0 heterocycles. The molecule has 1 N–H and O–H groups in total. The Labute approximate surface area is 166 Å². The Kier molecular flexibility index (Phi) is 7.43. The van der Waals surface area contributed by atoms with Gasteiger partial charge in [-0.25, -0.2) is 0 Å². The highest BCUT2D eigenvalue weighted by atomic mass is 35.5. The number of amides is 2. The Bertz CT molecular complexity index is 802. The lowest BCUT2D eigenvalue weighted by Crippen LogP contribution is -2.48. The highest BCUT2D eigenvalue weighted by Crippen LogP contribution is 2.18. The second-order valence-electron chi connectivity index (χ2n) is 6.79. The minimum absolute atomic E-state index is 0.0610. The molecule has 2 aromatic rings. The molecule has 0 aromatic heterocycles. The van der Waals surface area contributed by atoms with E-state index in [1.54, 1.807) is 24.1 Å². The Balaban J connectivity index is 2.31. The number of hydrogen-bond acceptors (Lipinski definition) is 2. The molecule has 27 heavy (non-hydrogen) atoms. The summed E-state index contributed by atoms with van der Waals surface area (Å²) >= 11 is 5.97. The zero-order valence-corrected chi connectivity index (χ0v) is 17.1. The van der Waals surface area contributed by atoms with Gasteiger partial charge in [-0.1, -0.05) is 54.4 Å². The highest BCUT2D eigenvalue weighted by Gasteiger charge is 2.28. The zero-order valence-electron chi connectivity index (χ0n) is 16.4. The quantitative estimate of drug-likeness (QED) is 0.780. The molecule has 0 aliphatic carbocycles. The molecule has 0 saturated heterocycles. The Morgan fingerprint density at radius 2 is 1.78 bits per heavy atom. The number of rotatable bonds is 7. The Morgan fingerprint density at radius 1 is 1.11 bits per heavy atom. The van der Waals surface area contributed by atoms with E-state index in [4.69, 9.17) is 11.6 Å². The van der Waals surface area contributed by atoms with Gasteiger partial charge in [0.2, 0.25) is 11.8 Å². The van der Waals surface area contributed by atoms with Crippen molar-refractivity contribution in [2.24, 2.45) is 0 Å². The molecule has 4 nitrogen and oxygen atoms in total. The summed E-state index contributed by atoms with van der Waals surface area (Å²) in [5.74, 6) is -0.213. The van der Waals surface area contributed by atoms with E-state index in [-0.39, 0.29) is 18.2 Å². The highest BCUT2D eigenvalue weighted by molar-refractivity contribution is 6.30. The number of hydrogen-bond donors (Lipinski definition) is 1. The van der Waals surface area contributed by atoms with Crippen LogP contribution in [0.2, 0.25) is 5.02 Å². The molecular formula is C22H27ClN2O2. The molecule has 0 bridgehead atoms. The largest absolute Gasteiger partial charge is 0.357 e. The van der Waals surface area contributed by atoms with Gasteiger partial charge in [-0.05, 0) is 49.1 Å². The molecule has 2 aromatic carbocycles. The number of benzene rings is 2. The number of nitrogens with one attached hydrogen (secondary N) is 1. The zero-order chi connectivity index (χ0) is 20.0. The van der Waals surface area contributed by atoms with Gasteiger partial charge in [0.1, 0.15) is 6.04 Å². The van der Waals surface area contributed by atoms with Gasteiger partial charge in [0.25, 0.3) is 0 Å². The number of likely N-dealkylation sites (N-methyl/N-ethyl adjacent to an activating group) is 1. The maximum absolute atomic E-state index is 13.2. The summed E-state index contributed by atoms with van der Waals surface area (Å²) in [5, 5.41) is 3.32. The minimum Gasteiger partial charge on any atom is -0.357 e. The second-order valence-corrected chi connectivity index (χ2v) is 7.23. The predicted octanol–water partition coefficient (Wildman–Crippen LogP) is 4.05. The topological polar surface area (TPSA) is 49.4 Å². The van der Waals surface area contributed by atoms with Crippen LogP contribution in [0.5, 0.6) is 0 Å². The molecule has 0 radical (unpaired) electrons. The van der Waals surface area contributed by atoms with E-state index >= 15 is 0 Å². The summed E-state index contributed by atoms with van der Waals surface area (Å²) in [7, 11) is 1.60. The van der Waals surface area contributed by atoms with Gasteiger partial charge in [-0.3, -0.25) is 9.59 Å². The first-order chi connectivity index (χ1) is 12.8. The molecule has 5 heteroatoms. The van der Waals surface area contributed by atoms with Gasteiger partial charge in [0, 0.05) is 18.6 Å². The summed E-state index contributed by atoms with van der Waals surface area (Å²) < 4.78 is 0. The standard InChI is InChI=1S/C22H27ClN2O2/c1-5-20(22(27)24-4)25(14-17-8-10-19(23)11-9-17)21(26)13-18-12-15(2)6-7-16(18)3/h6-12,20H,5,13-14H2,1-4H3,(H,24,27). The van der Waals surface area contributed by atoms with Gasteiger partial charge in [0.15, 0.2) is 0 Å². The lowest BCUT2D eigenvalue weighted by atomic mass is 10.0. The van der Waals surface area contributed by atoms with E-state index in [0.717, 1.165) is 22.3 Å². The van der Waals surface area contributed by atoms with E-state index in [9.17, 15) is 9.59 Å². The van der Waals surface area contributed by atoms with Gasteiger partial charge in [-0.2, -0.15) is 0 Å². The van der Waals surface area contributed by atoms with Crippen LogP contribution in [0.4, 0.5) is 0 Å². The Morgan fingerprint density at radius 3 is 2.37 bits per heavy atom. The van der Waals surface area contributed by atoms with Crippen molar-refractivity contribution in [2.75, 3.05) is 7.05 Å². The summed E-state index contributed by atoms with van der Waals surface area (Å²) in [4.78, 5) is 27.2. The van der Waals surface area contributed by atoms with Crippen LogP contribution in [0.15, 0.2) is 42.5 Å². The molecule has 0 fully saturated rings. The van der Waals surface area contributed by atoms with Crippen molar-refractivity contribution < 1.29 is 9.59 Å². The molecule has 2 amide bonds. The first-order valence-electron chi connectivity index (χ1n) is 9.17. The van der Waals surface area contributed by atoms with Crippen molar-refractivity contribution in [3.05, 3.63) is 69.7 Å². The fourth-order valence-corrected chi connectivity index (χ4v) is 3.25. The van der Waals surface area contributed by atoms with Crippen molar-refractivity contribution >= 4 is 23.4 Å². The Hall–Kier alpha value is -2.33. The summed E-state index contributed by atoms with van der Waals surface area (Å²) in [5.41, 5.74) is 4.13. The average molecular weight is 387 g/mol. The average Bonchev–Trinajstić information content (AvgIpc) is 2.65. The van der Waals surface area contributed by atoms with Gasteiger partial charge >= 0.3 is 0 Å². The van der Waals surface area contributed by atoms with Crippen molar-refractivity contribution in [3.8, 4) is 0 Å². The first kappa shape index (κ1) is 21.0. The fraction of sp³-hybridized carbons (Fsp3) is 0.364. The maximum atomic E-state index is 13.2. The fourth-order valence-electron chi connectivity index (χ4n) is 3.13. The van der Waals surface area contributed by atoms with E-state index in [1.807, 2.05) is 51.1 Å². The SMILES string of the molecule is CCC(C(=O)NC)N(Cc1ccc(Cl)cc1)C(=O)Cc1cc(C)ccc1C. The number of halogens is 1. The van der Waals surface area contributed by atoms with Crippen molar-refractivity contribution in [1.82, 2.24) is 10.2 Å². The summed E-state index contributed by atoms with van der Waals surface area (Å²) in [6.45, 7) is 6.30. The molecule has 0 saturated carbocycles. The van der Waals surface area contributed by atoms with Crippen molar-refractivity contribution in [1.29, 1.82) is 0 Å². The number of carbonyl (C=O) groups excluding carboxylic acids is 2. The van der Waals surface area contributed by atoms with Gasteiger partial charge < -0.3 is 10.2 Å². The van der Waals surface area contributed by atoms with Crippen LogP contribution in [0.1, 0.15) is 35.6 Å². The minimum atomic E-state index is -0.511. The van der Waals surface area contributed by atoms with E-state index in [2.05, 4.69) is 5.32 Å². The predicted molar refractivity (Wildman–Crippen MR) is 110 cm³/mol. The van der Waals surface area contributed by atoms with Gasteiger partial charge in [0.05, 0.1) is 6.42 Å². The molecule has 0 aliphatic rings. The van der Waals surface area contributed by atoms with Crippen LogP contribution in [-0.4, -0.2) is 29.8 Å². The van der Waals surface area contributed by atoms with E-state index < -0.39 is 6.04 Å². The van der Waals surface area contributed by atoms with Crippen LogP contribution >= 0.6 is 11.6 Å². The summed E-state index contributed by atoms with van der Waals surface area (Å²) in [6, 6.07) is 13.0. The molecule has 0 aliphatic heterocycles. The summed E-state index contributed by atoms with van der Waals surface area (Å²) in [6.07, 6.45) is 0.820. The molecule has 144 valence electrons. The lowest BCUT2D eigenvalue weighted by molar-refractivity contribution is -0.140. The lowest BCUT2D eigenvalue weighted by Gasteiger charge is -2.30. The van der Waals surface area contributed by atoms with Crippen LogP contribution in [0, 0.1) is 13.8 Å². The van der Waals surface area contributed by atoms with Gasteiger partial charge in [-0.15, -0.1) is 0 Å². The van der Waals surface area contributed by atoms with Crippen molar-refractivity contribution in [2.45, 2.75) is 46.2 Å². The van der Waals surface area contributed by atoms with Crippen LogP contribution in [0.3, 0.4) is 0 Å². The third-order valence-electron chi connectivity index (χ3n) is 4.74. The normalized spacial score (nSPS) is 11.7. The van der Waals surface area contributed by atoms with Crippen LogP contribution in [-0.2, 0) is 22.6 Å². The van der Waals surface area contributed by atoms with Crippen molar-refractivity contribution in [3.63, 3.8) is 0 Å². The third kappa shape index (κ3) is 5.57. The number of nitrogens with zero attached hydrogens (tertiary/aromatic N) is 1. The van der Waals surface area contributed by atoms with E-state index in [0.29, 0.717) is 18.0 Å². The molecular weight excluding hydrogens is 360 g/mol. The molecule has 1 atom stereocenters.